The van der Waals surface area contributed by atoms with E-state index in [-0.39, 0.29) is 5.91 Å². The number of nitriles is 1. The Morgan fingerprint density at radius 1 is 1.09 bits per heavy atom. The molecule has 1 N–H and O–H groups in total. The summed E-state index contributed by atoms with van der Waals surface area (Å²) in [6, 6.07) is 24.8. The fourth-order valence-corrected chi connectivity index (χ4v) is 3.54. The van der Waals surface area contributed by atoms with Gasteiger partial charge >= 0.3 is 0 Å². The van der Waals surface area contributed by atoms with Crippen molar-refractivity contribution in [3.63, 3.8) is 0 Å². The van der Waals surface area contributed by atoms with E-state index in [1.165, 1.54) is 0 Å². The third-order valence-electron chi connectivity index (χ3n) is 5.21. The highest BCUT2D eigenvalue weighted by molar-refractivity contribution is 6.00. The molecule has 1 amide bonds. The number of amides is 1. The molecule has 0 bridgehead atoms. The molecule has 0 spiro atoms. The fraction of sp³-hybridized carbons (Fsp3) is 0.148. The molecule has 1 aromatic heterocycles. The van der Waals surface area contributed by atoms with E-state index in [1.54, 1.807) is 30.5 Å². The van der Waals surface area contributed by atoms with Crippen molar-refractivity contribution in [3.8, 4) is 11.8 Å². The number of aromatic nitrogens is 1. The summed E-state index contributed by atoms with van der Waals surface area (Å²) in [7, 11) is 0. The van der Waals surface area contributed by atoms with E-state index in [9.17, 15) is 4.79 Å². The number of ether oxygens (including phenoxy) is 1. The summed E-state index contributed by atoms with van der Waals surface area (Å²) in [5, 5.41) is 14.2. The van der Waals surface area contributed by atoms with Crippen molar-refractivity contribution >= 4 is 23.0 Å². The van der Waals surface area contributed by atoms with E-state index in [4.69, 9.17) is 10.00 Å². The number of rotatable bonds is 8. The lowest BCUT2D eigenvalue weighted by Crippen LogP contribution is -2.17. The van der Waals surface area contributed by atoms with Gasteiger partial charge in [0.2, 0.25) is 0 Å². The lowest BCUT2D eigenvalue weighted by atomic mass is 10.1. The number of hydrogen-bond donors (Lipinski definition) is 1. The van der Waals surface area contributed by atoms with Crippen molar-refractivity contribution in [1.29, 1.82) is 5.26 Å². The van der Waals surface area contributed by atoms with Crippen LogP contribution in [0.3, 0.4) is 0 Å². The zero-order valence-corrected chi connectivity index (χ0v) is 18.4. The molecule has 0 saturated heterocycles. The molecule has 0 aliphatic carbocycles. The fourth-order valence-electron chi connectivity index (χ4n) is 3.54. The summed E-state index contributed by atoms with van der Waals surface area (Å²) in [5.41, 5.74) is 6.82. The minimum absolute atomic E-state index is 0.283. The van der Waals surface area contributed by atoms with Crippen molar-refractivity contribution in [1.82, 2.24) is 9.99 Å². The van der Waals surface area contributed by atoms with E-state index in [1.807, 2.05) is 55.6 Å². The molecule has 1 heterocycles. The molecule has 0 atom stereocenters. The van der Waals surface area contributed by atoms with Gasteiger partial charge in [-0.3, -0.25) is 4.79 Å². The van der Waals surface area contributed by atoms with E-state index >= 15 is 0 Å². The Bertz CT molecular complexity index is 1310. The third kappa shape index (κ3) is 5.28. The molecule has 0 unspecified atom stereocenters. The standard InChI is InChI=1S/C27H24N4O2/c1-2-15-33-24-13-11-22(12-14-24)27(32)30-29-17-23-19-31(26-6-4-3-5-25(23)26)18-21-9-7-20(16-28)8-10-21/h3-14,17,19H,2,15,18H2,1H3,(H,30,32)/b29-17+. The number of nitrogens with one attached hydrogen (secondary N) is 1. The molecule has 6 nitrogen and oxygen atoms in total. The van der Waals surface area contributed by atoms with Crippen LogP contribution < -0.4 is 10.2 Å². The van der Waals surface area contributed by atoms with Gasteiger partial charge in [-0.15, -0.1) is 0 Å². The van der Waals surface area contributed by atoms with Crippen LogP contribution in [-0.4, -0.2) is 23.3 Å². The van der Waals surface area contributed by atoms with Crippen LogP contribution in [0.5, 0.6) is 5.75 Å². The molecule has 3 aromatic carbocycles. The van der Waals surface area contributed by atoms with Gasteiger partial charge in [0, 0.05) is 34.8 Å². The summed E-state index contributed by atoms with van der Waals surface area (Å²) in [4.78, 5) is 12.4. The molecule has 0 saturated carbocycles. The van der Waals surface area contributed by atoms with Crippen LogP contribution in [0, 0.1) is 11.3 Å². The second kappa shape index (κ2) is 10.3. The minimum Gasteiger partial charge on any atom is -0.494 e. The molecular weight excluding hydrogens is 412 g/mol. The van der Waals surface area contributed by atoms with Crippen LogP contribution in [0.25, 0.3) is 10.9 Å². The van der Waals surface area contributed by atoms with Crippen molar-refractivity contribution in [2.45, 2.75) is 19.9 Å². The molecule has 0 fully saturated rings. The molecule has 4 rings (SSSR count). The van der Waals surface area contributed by atoms with Crippen LogP contribution in [0.4, 0.5) is 0 Å². The number of hydrazone groups is 1. The van der Waals surface area contributed by atoms with Crippen LogP contribution >= 0.6 is 0 Å². The highest BCUT2D eigenvalue weighted by Crippen LogP contribution is 2.21. The first-order chi connectivity index (χ1) is 16.2. The van der Waals surface area contributed by atoms with Gasteiger partial charge in [-0.2, -0.15) is 10.4 Å². The van der Waals surface area contributed by atoms with Crippen LogP contribution in [-0.2, 0) is 6.54 Å². The SMILES string of the molecule is CCCOc1ccc(C(=O)N/N=C/c2cn(Cc3ccc(C#N)cc3)c3ccccc23)cc1. The number of benzene rings is 3. The summed E-state index contributed by atoms with van der Waals surface area (Å²) in [6.45, 7) is 3.36. The van der Waals surface area contributed by atoms with Crippen LogP contribution in [0.2, 0.25) is 0 Å². The number of carbonyl (C=O) groups excluding carboxylic acids is 1. The summed E-state index contributed by atoms with van der Waals surface area (Å²) >= 11 is 0. The van der Waals surface area contributed by atoms with Crippen molar-refractivity contribution in [3.05, 3.63) is 101 Å². The van der Waals surface area contributed by atoms with E-state index in [2.05, 4.69) is 27.2 Å². The van der Waals surface area contributed by atoms with Gasteiger partial charge in [0.15, 0.2) is 0 Å². The molecule has 33 heavy (non-hydrogen) atoms. The number of para-hydroxylation sites is 1. The van der Waals surface area contributed by atoms with Crippen molar-refractivity contribution in [2.24, 2.45) is 5.10 Å². The zero-order valence-electron chi connectivity index (χ0n) is 18.4. The topological polar surface area (TPSA) is 79.4 Å². The van der Waals surface area contributed by atoms with Gasteiger partial charge < -0.3 is 9.30 Å². The number of carbonyl (C=O) groups is 1. The van der Waals surface area contributed by atoms with Gasteiger partial charge in [-0.05, 0) is 54.4 Å². The van der Waals surface area contributed by atoms with Crippen molar-refractivity contribution < 1.29 is 9.53 Å². The third-order valence-corrected chi connectivity index (χ3v) is 5.21. The minimum atomic E-state index is -0.283. The lowest BCUT2D eigenvalue weighted by molar-refractivity contribution is 0.0955. The van der Waals surface area contributed by atoms with Crippen molar-refractivity contribution in [2.75, 3.05) is 6.61 Å². The van der Waals surface area contributed by atoms with Gasteiger partial charge in [0.05, 0.1) is 24.5 Å². The summed E-state index contributed by atoms with van der Waals surface area (Å²) in [6.07, 6.45) is 4.60. The molecule has 0 aliphatic heterocycles. The van der Waals surface area contributed by atoms with Gasteiger partial charge in [-0.1, -0.05) is 37.3 Å². The molecule has 0 aliphatic rings. The number of nitrogens with zero attached hydrogens (tertiary/aromatic N) is 3. The van der Waals surface area contributed by atoms with Gasteiger partial charge in [0.25, 0.3) is 5.91 Å². The Morgan fingerprint density at radius 3 is 2.58 bits per heavy atom. The van der Waals surface area contributed by atoms with E-state index in [0.29, 0.717) is 24.3 Å². The van der Waals surface area contributed by atoms with Gasteiger partial charge in [-0.25, -0.2) is 5.43 Å². The van der Waals surface area contributed by atoms with Crippen LogP contribution in [0.15, 0.2) is 84.1 Å². The molecule has 0 radical (unpaired) electrons. The molecule has 4 aromatic rings. The first kappa shape index (κ1) is 21.8. The maximum absolute atomic E-state index is 12.4. The predicted octanol–water partition coefficient (Wildman–Crippen LogP) is 5.11. The Labute approximate surface area is 192 Å². The Morgan fingerprint density at radius 2 is 1.85 bits per heavy atom. The maximum Gasteiger partial charge on any atom is 0.271 e. The molecule has 6 heteroatoms. The number of fused-ring (bicyclic) bond motifs is 1. The quantitative estimate of drug-likeness (QED) is 0.308. The largest absolute Gasteiger partial charge is 0.494 e. The highest BCUT2D eigenvalue weighted by Gasteiger charge is 2.08. The molecule has 164 valence electrons. The maximum atomic E-state index is 12.4. The average Bonchev–Trinajstić information content (AvgIpc) is 3.20. The summed E-state index contributed by atoms with van der Waals surface area (Å²) < 4.78 is 7.68. The molecular formula is C27H24N4O2. The lowest BCUT2D eigenvalue weighted by Gasteiger charge is -2.05. The normalized spacial score (nSPS) is 10.9. The number of hydrogen-bond acceptors (Lipinski definition) is 4. The van der Waals surface area contributed by atoms with Gasteiger partial charge in [0.1, 0.15) is 5.75 Å². The second-order valence-electron chi connectivity index (χ2n) is 7.61. The summed E-state index contributed by atoms with van der Waals surface area (Å²) in [5.74, 6) is 0.460. The highest BCUT2D eigenvalue weighted by atomic mass is 16.5. The Balaban J connectivity index is 1.48. The smallest absolute Gasteiger partial charge is 0.271 e. The first-order valence-electron chi connectivity index (χ1n) is 10.8. The average molecular weight is 437 g/mol. The van der Waals surface area contributed by atoms with Crippen LogP contribution in [0.1, 0.15) is 40.4 Å². The van der Waals surface area contributed by atoms with E-state index in [0.717, 1.165) is 34.2 Å². The second-order valence-corrected chi connectivity index (χ2v) is 7.61. The Hall–Kier alpha value is -4.37. The monoisotopic (exact) mass is 436 g/mol. The predicted molar refractivity (Wildman–Crippen MR) is 129 cm³/mol. The Kier molecular flexibility index (Phi) is 6.81. The van der Waals surface area contributed by atoms with E-state index < -0.39 is 0 Å². The zero-order chi connectivity index (χ0) is 23.0. The first-order valence-corrected chi connectivity index (χ1v) is 10.8.